The van der Waals surface area contributed by atoms with Gasteiger partial charge in [0.15, 0.2) is 6.61 Å². The topological polar surface area (TPSA) is 73.9 Å². The van der Waals surface area contributed by atoms with Crippen LogP contribution in [0, 0.1) is 0 Å². The molecule has 2 rings (SSSR count). The third-order valence-corrected chi connectivity index (χ3v) is 3.25. The highest BCUT2D eigenvalue weighted by Crippen LogP contribution is 2.25. The number of para-hydroxylation sites is 2. The minimum Gasteiger partial charge on any atom is -0.497 e. The lowest BCUT2D eigenvalue weighted by Crippen LogP contribution is -2.20. The first-order valence-corrected chi connectivity index (χ1v) is 7.80. The molecule has 0 radical (unpaired) electrons. The number of hydrogen-bond donors (Lipinski definition) is 1. The van der Waals surface area contributed by atoms with Crippen molar-refractivity contribution in [3.8, 4) is 11.5 Å². The summed E-state index contributed by atoms with van der Waals surface area (Å²) < 4.78 is 38.8. The van der Waals surface area contributed by atoms with Gasteiger partial charge in [-0.15, -0.1) is 0 Å². The molecule has 0 unspecified atom stereocenters. The van der Waals surface area contributed by atoms with Crippen molar-refractivity contribution >= 4 is 23.6 Å². The molecule has 1 N–H and O–H groups in total. The zero-order valence-corrected chi connectivity index (χ0v) is 14.4. The first-order valence-electron chi connectivity index (χ1n) is 7.80. The van der Waals surface area contributed by atoms with Gasteiger partial charge < -0.3 is 19.5 Å². The van der Waals surface area contributed by atoms with Crippen molar-refractivity contribution in [2.75, 3.05) is 19.0 Å². The van der Waals surface area contributed by atoms with Crippen LogP contribution in [0.2, 0.25) is 0 Å². The maximum absolute atomic E-state index is 12.3. The predicted octanol–water partition coefficient (Wildman–Crippen LogP) is 3.49. The van der Waals surface area contributed by atoms with Gasteiger partial charge in [0.1, 0.15) is 11.5 Å². The summed E-state index contributed by atoms with van der Waals surface area (Å²) in [5.74, 6) is -0.918. The standard InChI is InChI=1S/C19H17F2NO5/c1-25-14-9-6-13(7-10-14)8-11-18(24)26-12-17(23)22-15-4-2-3-5-16(15)27-19(20)21/h2-11,19H,12H2,1H3,(H,22,23)/b11-8+. The number of carbonyl (C=O) groups is 2. The van der Waals surface area contributed by atoms with Gasteiger partial charge in [-0.05, 0) is 35.9 Å². The Morgan fingerprint density at radius 2 is 1.81 bits per heavy atom. The van der Waals surface area contributed by atoms with Crippen LogP contribution < -0.4 is 14.8 Å². The fourth-order valence-electron chi connectivity index (χ4n) is 2.02. The number of benzene rings is 2. The largest absolute Gasteiger partial charge is 0.497 e. The predicted molar refractivity (Wildman–Crippen MR) is 94.7 cm³/mol. The van der Waals surface area contributed by atoms with Crippen LogP contribution in [0.25, 0.3) is 6.08 Å². The fourth-order valence-corrected chi connectivity index (χ4v) is 2.02. The molecule has 2 aromatic rings. The molecule has 6 nitrogen and oxygen atoms in total. The van der Waals surface area contributed by atoms with Gasteiger partial charge in [-0.25, -0.2) is 4.79 Å². The molecule has 8 heteroatoms. The summed E-state index contributed by atoms with van der Waals surface area (Å²) >= 11 is 0. The van der Waals surface area contributed by atoms with E-state index in [1.807, 2.05) is 0 Å². The quantitative estimate of drug-likeness (QED) is 0.563. The average Bonchev–Trinajstić information content (AvgIpc) is 2.66. The third-order valence-electron chi connectivity index (χ3n) is 3.25. The molecule has 0 saturated heterocycles. The van der Waals surface area contributed by atoms with E-state index in [0.717, 1.165) is 5.56 Å². The lowest BCUT2D eigenvalue weighted by molar-refractivity contribution is -0.142. The number of hydrogen-bond acceptors (Lipinski definition) is 5. The summed E-state index contributed by atoms with van der Waals surface area (Å²) in [5, 5.41) is 2.35. The summed E-state index contributed by atoms with van der Waals surface area (Å²) in [7, 11) is 1.55. The van der Waals surface area contributed by atoms with E-state index in [1.54, 1.807) is 31.4 Å². The number of nitrogens with one attached hydrogen (secondary N) is 1. The van der Waals surface area contributed by atoms with E-state index in [2.05, 4.69) is 10.1 Å². The monoisotopic (exact) mass is 377 g/mol. The Morgan fingerprint density at radius 3 is 2.48 bits per heavy atom. The molecule has 0 aromatic heterocycles. The Hall–Kier alpha value is -3.42. The Balaban J connectivity index is 1.84. The van der Waals surface area contributed by atoms with Gasteiger partial charge >= 0.3 is 12.6 Å². The van der Waals surface area contributed by atoms with Gasteiger partial charge in [0, 0.05) is 6.08 Å². The number of rotatable bonds is 8. The molecule has 0 bridgehead atoms. The average molecular weight is 377 g/mol. The SMILES string of the molecule is COc1ccc(/C=C/C(=O)OCC(=O)Nc2ccccc2OC(F)F)cc1. The van der Waals surface area contributed by atoms with E-state index >= 15 is 0 Å². The maximum Gasteiger partial charge on any atom is 0.387 e. The zero-order valence-electron chi connectivity index (χ0n) is 14.4. The number of alkyl halides is 2. The van der Waals surface area contributed by atoms with Crippen LogP contribution in [0.3, 0.4) is 0 Å². The number of esters is 1. The molecule has 0 heterocycles. The summed E-state index contributed by atoms with van der Waals surface area (Å²) in [6.45, 7) is -3.60. The van der Waals surface area contributed by atoms with Crippen LogP contribution in [0.5, 0.6) is 11.5 Å². The van der Waals surface area contributed by atoms with E-state index in [-0.39, 0.29) is 11.4 Å². The molecule has 142 valence electrons. The van der Waals surface area contributed by atoms with Crippen LogP contribution in [-0.4, -0.2) is 32.2 Å². The van der Waals surface area contributed by atoms with Crippen LogP contribution in [0.15, 0.2) is 54.6 Å². The lowest BCUT2D eigenvalue weighted by Gasteiger charge is -2.11. The van der Waals surface area contributed by atoms with Gasteiger partial charge in [0.05, 0.1) is 12.8 Å². The number of amides is 1. The highest BCUT2D eigenvalue weighted by Gasteiger charge is 2.12. The number of carbonyl (C=O) groups excluding carboxylic acids is 2. The molecule has 0 spiro atoms. The van der Waals surface area contributed by atoms with Crippen LogP contribution in [0.4, 0.5) is 14.5 Å². The molecule has 0 aliphatic heterocycles. The van der Waals surface area contributed by atoms with Crippen molar-refractivity contribution in [3.63, 3.8) is 0 Å². The van der Waals surface area contributed by atoms with Gasteiger partial charge in [-0.2, -0.15) is 8.78 Å². The summed E-state index contributed by atoms with van der Waals surface area (Å²) in [6.07, 6.45) is 2.69. The number of anilines is 1. The van der Waals surface area contributed by atoms with Crippen LogP contribution in [0.1, 0.15) is 5.56 Å². The second-order valence-electron chi connectivity index (χ2n) is 5.14. The van der Waals surface area contributed by atoms with Crippen molar-refractivity contribution in [3.05, 3.63) is 60.2 Å². The first kappa shape index (κ1) is 19.9. The molecule has 0 aliphatic rings. The Bertz CT molecular complexity index is 806. The summed E-state index contributed by atoms with van der Waals surface area (Å²) in [4.78, 5) is 23.5. The minimum absolute atomic E-state index is 0.0487. The second kappa shape index (κ2) is 9.91. The lowest BCUT2D eigenvalue weighted by atomic mass is 10.2. The molecule has 27 heavy (non-hydrogen) atoms. The van der Waals surface area contributed by atoms with Gasteiger partial charge in [-0.3, -0.25) is 4.79 Å². The maximum atomic E-state index is 12.3. The molecule has 1 amide bonds. The van der Waals surface area contributed by atoms with Crippen LogP contribution >= 0.6 is 0 Å². The molecular weight excluding hydrogens is 360 g/mol. The Kier molecular flexibility index (Phi) is 7.30. The number of ether oxygens (including phenoxy) is 3. The second-order valence-corrected chi connectivity index (χ2v) is 5.14. The molecular formula is C19H17F2NO5. The highest BCUT2D eigenvalue weighted by atomic mass is 19.3. The molecule has 0 aliphatic carbocycles. The van der Waals surface area contributed by atoms with Crippen molar-refractivity contribution in [1.82, 2.24) is 0 Å². The highest BCUT2D eigenvalue weighted by molar-refractivity contribution is 5.95. The van der Waals surface area contributed by atoms with Crippen molar-refractivity contribution in [2.45, 2.75) is 6.61 Å². The minimum atomic E-state index is -3.02. The summed E-state index contributed by atoms with van der Waals surface area (Å²) in [6, 6.07) is 12.7. The van der Waals surface area contributed by atoms with E-state index < -0.39 is 25.1 Å². The van der Waals surface area contributed by atoms with E-state index in [1.165, 1.54) is 36.4 Å². The molecule has 0 fully saturated rings. The number of halogens is 2. The smallest absolute Gasteiger partial charge is 0.387 e. The Morgan fingerprint density at radius 1 is 1.11 bits per heavy atom. The van der Waals surface area contributed by atoms with Crippen molar-refractivity contribution in [1.29, 1.82) is 0 Å². The van der Waals surface area contributed by atoms with Crippen molar-refractivity contribution in [2.24, 2.45) is 0 Å². The van der Waals surface area contributed by atoms with Gasteiger partial charge in [0.25, 0.3) is 5.91 Å². The summed E-state index contributed by atoms with van der Waals surface area (Å²) in [5.41, 5.74) is 0.794. The van der Waals surface area contributed by atoms with Gasteiger partial charge in [0.2, 0.25) is 0 Å². The van der Waals surface area contributed by atoms with E-state index in [0.29, 0.717) is 5.75 Å². The van der Waals surface area contributed by atoms with Crippen molar-refractivity contribution < 1.29 is 32.6 Å². The zero-order chi connectivity index (χ0) is 19.6. The van der Waals surface area contributed by atoms with Crippen LogP contribution in [-0.2, 0) is 14.3 Å². The molecule has 0 saturated carbocycles. The fraction of sp³-hybridized carbons (Fsp3) is 0.158. The molecule has 2 aromatic carbocycles. The van der Waals surface area contributed by atoms with E-state index in [9.17, 15) is 18.4 Å². The molecule has 0 atom stereocenters. The Labute approximate surface area is 154 Å². The first-order chi connectivity index (χ1) is 13.0. The normalized spacial score (nSPS) is 10.7. The van der Waals surface area contributed by atoms with Gasteiger partial charge in [-0.1, -0.05) is 24.3 Å². The van der Waals surface area contributed by atoms with E-state index in [4.69, 9.17) is 9.47 Å². The number of methoxy groups -OCH3 is 1. The third kappa shape index (κ3) is 6.77.